The molecule has 1 aliphatic heterocycles. The highest BCUT2D eigenvalue weighted by molar-refractivity contribution is 5.84. The van der Waals surface area contributed by atoms with E-state index in [0.29, 0.717) is 26.1 Å². The number of amides is 1. The first-order valence-electron chi connectivity index (χ1n) is 9.82. The maximum atomic E-state index is 12.8. The summed E-state index contributed by atoms with van der Waals surface area (Å²) in [5.74, 6) is 0.934. The molecule has 0 saturated carbocycles. The van der Waals surface area contributed by atoms with Gasteiger partial charge in [0.25, 0.3) is 0 Å². The Kier molecular flexibility index (Phi) is 5.79. The zero-order valence-corrected chi connectivity index (χ0v) is 16.5. The summed E-state index contributed by atoms with van der Waals surface area (Å²) in [6, 6.07) is 19.8. The normalized spacial score (nSPS) is 16.8. The van der Waals surface area contributed by atoms with E-state index in [2.05, 4.69) is 18.2 Å². The number of nitrogens with zero attached hydrogens (tertiary/aromatic N) is 1. The molecular formula is C24H25NO4. The molecule has 1 N–H and O–H groups in total. The average Bonchev–Trinajstić information content (AvgIpc) is 2.79. The number of hydrogen-bond donors (Lipinski definition) is 1. The second-order valence-electron chi connectivity index (χ2n) is 7.32. The number of fused-ring (bicyclic) bond motifs is 1. The number of aliphatic hydroxyl groups excluding tert-OH is 1. The number of methoxy groups -OCH3 is 1. The summed E-state index contributed by atoms with van der Waals surface area (Å²) in [5.41, 5.74) is 2.88. The number of aliphatic hydroxyl groups is 1. The standard InChI is InChI=1S/C24H25NO4/c1-28-22-9-8-19-13-21(7-6-20(19)14-22)23-15-25(10-11-29-23)24(27)12-17-2-4-18(16-26)5-3-17/h2-9,13-14,23,26H,10-12,15-16H2,1H3/t23-/m1/s1. The van der Waals surface area contributed by atoms with Crippen LogP contribution < -0.4 is 4.74 Å². The molecule has 0 spiro atoms. The van der Waals surface area contributed by atoms with Crippen LogP contribution in [-0.2, 0) is 22.6 Å². The van der Waals surface area contributed by atoms with Crippen molar-refractivity contribution in [2.45, 2.75) is 19.1 Å². The number of hydrogen-bond acceptors (Lipinski definition) is 4. The number of morpholine rings is 1. The second-order valence-corrected chi connectivity index (χ2v) is 7.32. The van der Waals surface area contributed by atoms with Crippen molar-refractivity contribution in [1.29, 1.82) is 0 Å². The Morgan fingerprint density at radius 3 is 2.55 bits per heavy atom. The third-order valence-electron chi connectivity index (χ3n) is 5.42. The monoisotopic (exact) mass is 391 g/mol. The van der Waals surface area contributed by atoms with Crippen LogP contribution in [0.25, 0.3) is 10.8 Å². The average molecular weight is 391 g/mol. The molecule has 150 valence electrons. The zero-order valence-electron chi connectivity index (χ0n) is 16.5. The topological polar surface area (TPSA) is 59.0 Å². The van der Waals surface area contributed by atoms with Crippen LogP contribution in [0.15, 0.2) is 60.7 Å². The van der Waals surface area contributed by atoms with Gasteiger partial charge in [-0.1, -0.05) is 42.5 Å². The summed E-state index contributed by atoms with van der Waals surface area (Å²) >= 11 is 0. The van der Waals surface area contributed by atoms with Gasteiger partial charge in [-0.2, -0.15) is 0 Å². The van der Waals surface area contributed by atoms with Crippen LogP contribution in [-0.4, -0.2) is 42.7 Å². The van der Waals surface area contributed by atoms with Crippen LogP contribution in [0, 0.1) is 0 Å². The van der Waals surface area contributed by atoms with E-state index >= 15 is 0 Å². The van der Waals surface area contributed by atoms with E-state index in [1.54, 1.807) is 7.11 Å². The molecular weight excluding hydrogens is 366 g/mol. The maximum Gasteiger partial charge on any atom is 0.227 e. The quantitative estimate of drug-likeness (QED) is 0.723. The first-order valence-corrected chi connectivity index (χ1v) is 9.82. The Morgan fingerprint density at radius 1 is 1.07 bits per heavy atom. The Bertz CT molecular complexity index is 999. The summed E-state index contributed by atoms with van der Waals surface area (Å²) in [6.45, 7) is 1.70. The van der Waals surface area contributed by atoms with Gasteiger partial charge in [0.1, 0.15) is 11.9 Å². The minimum absolute atomic E-state index is 0.0118. The Hall–Kier alpha value is -2.89. The van der Waals surface area contributed by atoms with Gasteiger partial charge in [0.15, 0.2) is 0 Å². The molecule has 5 nitrogen and oxygen atoms in total. The van der Waals surface area contributed by atoms with Crippen molar-refractivity contribution in [3.05, 3.63) is 77.4 Å². The summed E-state index contributed by atoms with van der Waals surface area (Å²) < 4.78 is 11.3. The molecule has 0 aromatic heterocycles. The predicted octanol–water partition coefficient (Wildman–Crippen LogP) is 3.48. The van der Waals surface area contributed by atoms with Crippen molar-refractivity contribution in [2.24, 2.45) is 0 Å². The van der Waals surface area contributed by atoms with Gasteiger partial charge < -0.3 is 19.5 Å². The highest BCUT2D eigenvalue weighted by Crippen LogP contribution is 2.28. The van der Waals surface area contributed by atoms with Gasteiger partial charge in [0.05, 0.1) is 33.3 Å². The first kappa shape index (κ1) is 19.4. The van der Waals surface area contributed by atoms with Crippen molar-refractivity contribution in [3.63, 3.8) is 0 Å². The van der Waals surface area contributed by atoms with E-state index in [9.17, 15) is 4.79 Å². The lowest BCUT2D eigenvalue weighted by Crippen LogP contribution is -2.43. The Balaban J connectivity index is 1.45. The van der Waals surface area contributed by atoms with E-state index in [0.717, 1.165) is 33.2 Å². The number of rotatable bonds is 5. The van der Waals surface area contributed by atoms with E-state index in [1.807, 2.05) is 47.4 Å². The lowest BCUT2D eigenvalue weighted by atomic mass is 10.0. The molecule has 0 radical (unpaired) electrons. The summed E-state index contributed by atoms with van der Waals surface area (Å²) in [6.07, 6.45) is 0.228. The summed E-state index contributed by atoms with van der Waals surface area (Å²) in [7, 11) is 1.66. The van der Waals surface area contributed by atoms with Crippen LogP contribution in [0.5, 0.6) is 5.75 Å². The molecule has 0 bridgehead atoms. The van der Waals surface area contributed by atoms with Crippen molar-refractivity contribution in [1.82, 2.24) is 4.90 Å². The molecule has 1 aliphatic rings. The third kappa shape index (κ3) is 4.42. The fourth-order valence-electron chi connectivity index (χ4n) is 3.70. The molecule has 0 unspecified atom stereocenters. The van der Waals surface area contributed by atoms with Gasteiger partial charge in [-0.3, -0.25) is 4.79 Å². The highest BCUT2D eigenvalue weighted by Gasteiger charge is 2.25. The Morgan fingerprint density at radius 2 is 1.79 bits per heavy atom. The molecule has 4 rings (SSSR count). The van der Waals surface area contributed by atoms with Gasteiger partial charge in [0, 0.05) is 6.54 Å². The first-order chi connectivity index (χ1) is 14.2. The minimum atomic E-state index is -0.129. The summed E-state index contributed by atoms with van der Waals surface area (Å²) in [5, 5.41) is 11.4. The largest absolute Gasteiger partial charge is 0.497 e. The molecule has 1 saturated heterocycles. The minimum Gasteiger partial charge on any atom is -0.497 e. The van der Waals surface area contributed by atoms with Gasteiger partial charge >= 0.3 is 0 Å². The lowest BCUT2D eigenvalue weighted by molar-refractivity contribution is -0.138. The smallest absolute Gasteiger partial charge is 0.227 e. The molecule has 3 aromatic rings. The van der Waals surface area contributed by atoms with E-state index in [-0.39, 0.29) is 18.6 Å². The lowest BCUT2D eigenvalue weighted by Gasteiger charge is -2.33. The van der Waals surface area contributed by atoms with Crippen LogP contribution in [0.1, 0.15) is 22.8 Å². The zero-order chi connectivity index (χ0) is 20.2. The number of benzene rings is 3. The maximum absolute atomic E-state index is 12.8. The molecule has 1 fully saturated rings. The van der Waals surface area contributed by atoms with E-state index in [4.69, 9.17) is 14.6 Å². The van der Waals surface area contributed by atoms with E-state index in [1.165, 1.54) is 0 Å². The molecule has 1 heterocycles. The Labute approximate surface area is 170 Å². The fraction of sp³-hybridized carbons (Fsp3) is 0.292. The number of ether oxygens (including phenoxy) is 2. The molecule has 0 aliphatic carbocycles. The van der Waals surface area contributed by atoms with Gasteiger partial charge in [-0.15, -0.1) is 0 Å². The van der Waals surface area contributed by atoms with Gasteiger partial charge in [-0.25, -0.2) is 0 Å². The number of carbonyl (C=O) groups is 1. The van der Waals surface area contributed by atoms with Crippen molar-refractivity contribution >= 4 is 16.7 Å². The van der Waals surface area contributed by atoms with Crippen LogP contribution in [0.4, 0.5) is 0 Å². The molecule has 3 aromatic carbocycles. The SMILES string of the molecule is COc1ccc2cc([C@H]3CN(C(=O)Cc4ccc(CO)cc4)CCO3)ccc2c1. The van der Waals surface area contributed by atoms with Crippen molar-refractivity contribution in [2.75, 3.05) is 26.8 Å². The fourth-order valence-corrected chi connectivity index (χ4v) is 3.70. The molecule has 29 heavy (non-hydrogen) atoms. The van der Waals surface area contributed by atoms with Crippen molar-refractivity contribution < 1.29 is 19.4 Å². The van der Waals surface area contributed by atoms with Crippen LogP contribution >= 0.6 is 0 Å². The molecule has 1 amide bonds. The third-order valence-corrected chi connectivity index (χ3v) is 5.42. The van der Waals surface area contributed by atoms with Gasteiger partial charge in [0.2, 0.25) is 5.91 Å². The molecule has 1 atom stereocenters. The van der Waals surface area contributed by atoms with Gasteiger partial charge in [-0.05, 0) is 45.7 Å². The van der Waals surface area contributed by atoms with Crippen LogP contribution in [0.2, 0.25) is 0 Å². The molecule has 5 heteroatoms. The van der Waals surface area contributed by atoms with E-state index < -0.39 is 0 Å². The second kappa shape index (κ2) is 8.64. The number of carbonyl (C=O) groups excluding carboxylic acids is 1. The van der Waals surface area contributed by atoms with Crippen molar-refractivity contribution in [3.8, 4) is 5.75 Å². The highest BCUT2D eigenvalue weighted by atomic mass is 16.5. The van der Waals surface area contributed by atoms with Crippen LogP contribution in [0.3, 0.4) is 0 Å². The summed E-state index contributed by atoms with van der Waals surface area (Å²) in [4.78, 5) is 14.7. The predicted molar refractivity (Wildman–Crippen MR) is 112 cm³/mol.